The second-order valence-electron chi connectivity index (χ2n) is 4.50. The lowest BCUT2D eigenvalue weighted by Crippen LogP contribution is -2.13. The summed E-state index contributed by atoms with van der Waals surface area (Å²) in [6, 6.07) is 5.34. The molecule has 0 radical (unpaired) electrons. The van der Waals surface area contributed by atoms with Gasteiger partial charge < -0.3 is 4.74 Å². The number of aromatic amines is 1. The van der Waals surface area contributed by atoms with Crippen LogP contribution in [0.25, 0.3) is 11.1 Å². The number of methoxy groups -OCH3 is 1. The topological polar surface area (TPSA) is 64.1 Å². The molecule has 5 nitrogen and oxygen atoms in total. The van der Waals surface area contributed by atoms with Gasteiger partial charge in [-0.1, -0.05) is 12.1 Å². The van der Waals surface area contributed by atoms with Gasteiger partial charge in [0.15, 0.2) is 0 Å². The van der Waals surface area contributed by atoms with Crippen LogP contribution in [0, 0.1) is 13.8 Å². The van der Waals surface area contributed by atoms with E-state index in [4.69, 9.17) is 4.74 Å². The number of nitrogens with zero attached hydrogens (tertiary/aromatic N) is 1. The van der Waals surface area contributed by atoms with Crippen LogP contribution in [0.4, 0.5) is 0 Å². The molecule has 100 valence electrons. The molecule has 1 N–H and O–H groups in total. The summed E-state index contributed by atoms with van der Waals surface area (Å²) in [5.41, 5.74) is 3.24. The number of carbonyl (C=O) groups excluding carboxylic acids is 1. The minimum atomic E-state index is -0.399. The van der Waals surface area contributed by atoms with Crippen molar-refractivity contribution < 1.29 is 9.53 Å². The lowest BCUT2D eigenvalue weighted by Gasteiger charge is -2.06. The molecule has 19 heavy (non-hydrogen) atoms. The predicted octanol–water partition coefficient (Wildman–Crippen LogP) is 1.78. The van der Waals surface area contributed by atoms with Crippen LogP contribution in [0.1, 0.15) is 21.6 Å². The number of aryl methyl sites for hydroxylation is 3. The quantitative estimate of drug-likeness (QED) is 0.837. The van der Waals surface area contributed by atoms with E-state index in [0.717, 1.165) is 11.3 Å². The Morgan fingerprint density at radius 2 is 2.00 bits per heavy atom. The van der Waals surface area contributed by atoms with Gasteiger partial charge in [-0.3, -0.25) is 14.6 Å². The highest BCUT2D eigenvalue weighted by atomic mass is 16.5. The third-order valence-electron chi connectivity index (χ3n) is 3.16. The van der Waals surface area contributed by atoms with Crippen molar-refractivity contribution in [1.82, 2.24) is 9.78 Å². The van der Waals surface area contributed by atoms with Crippen molar-refractivity contribution in [2.45, 2.75) is 13.8 Å². The molecular weight excluding hydrogens is 244 g/mol. The fourth-order valence-corrected chi connectivity index (χ4v) is 2.13. The molecule has 0 unspecified atom stereocenters. The number of hydrogen-bond acceptors (Lipinski definition) is 3. The van der Waals surface area contributed by atoms with Crippen LogP contribution in [0.3, 0.4) is 0 Å². The Balaban J connectivity index is 2.64. The van der Waals surface area contributed by atoms with Gasteiger partial charge in [-0.15, -0.1) is 0 Å². The molecule has 0 saturated heterocycles. The standard InChI is InChI=1S/C14H16N2O3/c1-8-5-6-10(7-11(8)14(18)19-4)12-9(2)15-16(3)13(12)17/h5-7,15H,1-4H3. The van der Waals surface area contributed by atoms with E-state index in [1.165, 1.54) is 11.8 Å². The summed E-state index contributed by atoms with van der Waals surface area (Å²) < 4.78 is 6.16. The van der Waals surface area contributed by atoms with Gasteiger partial charge in [-0.25, -0.2) is 4.79 Å². The van der Waals surface area contributed by atoms with Crippen LogP contribution < -0.4 is 5.56 Å². The molecule has 0 aliphatic carbocycles. The van der Waals surface area contributed by atoms with Crippen LogP contribution in [0.15, 0.2) is 23.0 Å². The number of benzene rings is 1. The Morgan fingerprint density at radius 1 is 1.32 bits per heavy atom. The number of carbonyl (C=O) groups is 1. The first kappa shape index (κ1) is 13.1. The molecule has 2 rings (SSSR count). The largest absolute Gasteiger partial charge is 0.465 e. The molecule has 0 spiro atoms. The smallest absolute Gasteiger partial charge is 0.338 e. The monoisotopic (exact) mass is 260 g/mol. The molecule has 0 fully saturated rings. The van der Waals surface area contributed by atoms with E-state index >= 15 is 0 Å². The Morgan fingerprint density at radius 3 is 2.53 bits per heavy atom. The van der Waals surface area contributed by atoms with Crippen molar-refractivity contribution >= 4 is 5.97 Å². The highest BCUT2D eigenvalue weighted by Crippen LogP contribution is 2.22. The minimum absolute atomic E-state index is 0.114. The first-order valence-electron chi connectivity index (χ1n) is 5.90. The second kappa shape index (κ2) is 4.76. The Kier molecular flexibility index (Phi) is 3.29. The normalized spacial score (nSPS) is 10.5. The first-order valence-corrected chi connectivity index (χ1v) is 5.90. The molecule has 1 aromatic heterocycles. The first-order chi connectivity index (χ1) is 8.95. The van der Waals surface area contributed by atoms with E-state index in [1.54, 1.807) is 13.1 Å². The third-order valence-corrected chi connectivity index (χ3v) is 3.16. The van der Waals surface area contributed by atoms with Gasteiger partial charge in [0.25, 0.3) is 5.56 Å². The number of ether oxygens (including phenoxy) is 1. The van der Waals surface area contributed by atoms with Crippen molar-refractivity contribution in [2.24, 2.45) is 7.05 Å². The molecule has 0 saturated carbocycles. The lowest BCUT2D eigenvalue weighted by molar-refractivity contribution is 0.0600. The SMILES string of the molecule is COC(=O)c1cc(-c2c(C)[nH]n(C)c2=O)ccc1C. The highest BCUT2D eigenvalue weighted by molar-refractivity contribution is 5.92. The summed E-state index contributed by atoms with van der Waals surface area (Å²) in [5.74, 6) is -0.399. The maximum absolute atomic E-state index is 12.0. The van der Waals surface area contributed by atoms with Crippen LogP contribution in [-0.2, 0) is 11.8 Å². The van der Waals surface area contributed by atoms with Crippen molar-refractivity contribution in [3.8, 4) is 11.1 Å². The molecule has 1 heterocycles. The number of hydrogen-bond donors (Lipinski definition) is 1. The summed E-state index contributed by atoms with van der Waals surface area (Å²) in [6.45, 7) is 3.66. The molecule has 5 heteroatoms. The van der Waals surface area contributed by atoms with Crippen LogP contribution in [-0.4, -0.2) is 22.9 Å². The fourth-order valence-electron chi connectivity index (χ4n) is 2.13. The average molecular weight is 260 g/mol. The van der Waals surface area contributed by atoms with Gasteiger partial charge in [-0.2, -0.15) is 0 Å². The van der Waals surface area contributed by atoms with Gasteiger partial charge in [-0.05, 0) is 31.0 Å². The zero-order valence-electron chi connectivity index (χ0n) is 11.4. The van der Waals surface area contributed by atoms with Crippen molar-refractivity contribution in [2.75, 3.05) is 7.11 Å². The van der Waals surface area contributed by atoms with Gasteiger partial charge in [0, 0.05) is 12.7 Å². The molecule has 2 aromatic rings. The summed E-state index contributed by atoms with van der Waals surface area (Å²) in [6.07, 6.45) is 0. The number of esters is 1. The number of nitrogens with one attached hydrogen (secondary N) is 1. The van der Waals surface area contributed by atoms with Crippen LogP contribution in [0.2, 0.25) is 0 Å². The lowest BCUT2D eigenvalue weighted by atomic mass is 10.0. The van der Waals surface area contributed by atoms with E-state index in [2.05, 4.69) is 5.10 Å². The van der Waals surface area contributed by atoms with E-state index in [9.17, 15) is 9.59 Å². The summed E-state index contributed by atoms with van der Waals surface area (Å²) >= 11 is 0. The van der Waals surface area contributed by atoms with Gasteiger partial charge >= 0.3 is 5.97 Å². The highest BCUT2D eigenvalue weighted by Gasteiger charge is 2.15. The molecule has 0 aliphatic heterocycles. The van der Waals surface area contributed by atoms with E-state index in [0.29, 0.717) is 16.7 Å². The van der Waals surface area contributed by atoms with Crippen LogP contribution in [0.5, 0.6) is 0 Å². The van der Waals surface area contributed by atoms with Crippen molar-refractivity contribution in [3.05, 3.63) is 45.4 Å². The molecule has 0 bridgehead atoms. The number of aromatic nitrogens is 2. The van der Waals surface area contributed by atoms with Gasteiger partial charge in [0.2, 0.25) is 0 Å². The van der Waals surface area contributed by atoms with Gasteiger partial charge in [0.05, 0.1) is 18.2 Å². The second-order valence-corrected chi connectivity index (χ2v) is 4.50. The molecule has 0 atom stereocenters. The predicted molar refractivity (Wildman–Crippen MR) is 72.3 cm³/mol. The van der Waals surface area contributed by atoms with E-state index in [1.807, 2.05) is 26.0 Å². The summed E-state index contributed by atoms with van der Waals surface area (Å²) in [7, 11) is 3.00. The van der Waals surface area contributed by atoms with Crippen molar-refractivity contribution in [3.63, 3.8) is 0 Å². The third kappa shape index (κ3) is 2.19. The Labute approximate surface area is 110 Å². The summed E-state index contributed by atoms with van der Waals surface area (Å²) in [5, 5.41) is 2.94. The Hall–Kier alpha value is -2.30. The van der Waals surface area contributed by atoms with Crippen molar-refractivity contribution in [1.29, 1.82) is 0 Å². The molecular formula is C14H16N2O3. The summed E-state index contributed by atoms with van der Waals surface area (Å²) in [4.78, 5) is 23.7. The van der Waals surface area contributed by atoms with E-state index < -0.39 is 5.97 Å². The maximum atomic E-state index is 12.0. The molecule has 1 aromatic carbocycles. The zero-order chi connectivity index (χ0) is 14.2. The number of rotatable bonds is 2. The zero-order valence-corrected chi connectivity index (χ0v) is 11.4. The Bertz CT molecular complexity index is 695. The molecule has 0 amide bonds. The number of H-pyrrole nitrogens is 1. The molecule has 0 aliphatic rings. The average Bonchev–Trinajstić information content (AvgIpc) is 2.63. The maximum Gasteiger partial charge on any atom is 0.338 e. The van der Waals surface area contributed by atoms with Gasteiger partial charge in [0.1, 0.15) is 0 Å². The minimum Gasteiger partial charge on any atom is -0.465 e. The fraction of sp³-hybridized carbons (Fsp3) is 0.286. The van der Waals surface area contributed by atoms with E-state index in [-0.39, 0.29) is 5.56 Å². The van der Waals surface area contributed by atoms with Crippen LogP contribution >= 0.6 is 0 Å².